The number of carbonyl (C=O) groups excluding carboxylic acids is 2. The van der Waals surface area contributed by atoms with Crippen LogP contribution in [0.4, 0.5) is 4.79 Å². The van der Waals surface area contributed by atoms with Crippen LogP contribution < -0.4 is 15.4 Å². The number of carbonyl (C=O) groups is 2. The lowest BCUT2D eigenvalue weighted by atomic mass is 9.39. The van der Waals surface area contributed by atoms with Gasteiger partial charge in [-0.05, 0) is 76.5 Å². The number of thioether (sulfide) groups is 1. The van der Waals surface area contributed by atoms with Crippen molar-refractivity contribution < 1.29 is 28.2 Å². The molecule has 1 unspecified atom stereocenters. The fourth-order valence-electron chi connectivity index (χ4n) is 5.31. The lowest BCUT2D eigenvalue weighted by molar-refractivity contribution is -0.180. The second-order valence-corrected chi connectivity index (χ2v) is 14.3. The molecular formula is C30H44N4O6S. The molecule has 1 atom stereocenters. The molecule has 3 fully saturated rings. The van der Waals surface area contributed by atoms with Gasteiger partial charge in [-0.1, -0.05) is 39.5 Å². The number of alkyl carbamates (subject to hydrolysis) is 1. The fraction of sp³-hybridized carbons (Fsp3) is 0.667. The zero-order valence-corrected chi connectivity index (χ0v) is 26.3. The van der Waals surface area contributed by atoms with E-state index in [-0.39, 0.29) is 34.3 Å². The van der Waals surface area contributed by atoms with Crippen LogP contribution >= 0.6 is 11.8 Å². The van der Waals surface area contributed by atoms with E-state index in [1.165, 1.54) is 11.8 Å². The van der Waals surface area contributed by atoms with Gasteiger partial charge in [0.25, 0.3) is 5.22 Å². The maximum atomic E-state index is 13.0. The first-order valence-corrected chi connectivity index (χ1v) is 15.4. The molecule has 5 rings (SSSR count). The van der Waals surface area contributed by atoms with E-state index >= 15 is 0 Å². The minimum absolute atomic E-state index is 0.0514. The van der Waals surface area contributed by atoms with Crippen molar-refractivity contribution in [3.8, 4) is 17.2 Å². The van der Waals surface area contributed by atoms with E-state index in [1.54, 1.807) is 0 Å². The molecule has 0 spiro atoms. The molecule has 1 aromatic carbocycles. The van der Waals surface area contributed by atoms with Gasteiger partial charge in [0.15, 0.2) is 0 Å². The zero-order chi connectivity index (χ0) is 30.1. The standard InChI is InChI=1S/C30H44N4O6S/c1-19(2)22(38-21-11-9-20(10-12-21)23-33-34-26(39-23)41-8)13-37-18-28(6,7)17-31-24(35)29-14-30(15-29,16-29)32-25(36)40-27(3,4)5/h9-12,19,22H,13-18H2,1-8H3,(H,31,35)(H,32,36). The molecule has 41 heavy (non-hydrogen) atoms. The predicted molar refractivity (Wildman–Crippen MR) is 157 cm³/mol. The Balaban J connectivity index is 1.18. The van der Waals surface area contributed by atoms with Crippen LogP contribution in [0.1, 0.15) is 67.7 Å². The number of benzene rings is 1. The number of aromatic nitrogens is 2. The van der Waals surface area contributed by atoms with Crippen molar-refractivity contribution in [2.75, 3.05) is 26.0 Å². The van der Waals surface area contributed by atoms with Crippen molar-refractivity contribution in [3.05, 3.63) is 24.3 Å². The van der Waals surface area contributed by atoms with E-state index in [9.17, 15) is 9.59 Å². The molecule has 2 aromatic rings. The average molecular weight is 589 g/mol. The Morgan fingerprint density at radius 1 is 1.07 bits per heavy atom. The SMILES string of the molecule is CSc1nnc(-c2ccc(OC(COCC(C)(C)CNC(=O)C34CC(NC(=O)OC(C)(C)C)(C3)C4)C(C)C)cc2)o1. The molecule has 3 aliphatic carbocycles. The maximum absolute atomic E-state index is 13.0. The lowest BCUT2D eigenvalue weighted by Crippen LogP contribution is -2.78. The van der Waals surface area contributed by atoms with Gasteiger partial charge in [0, 0.05) is 23.1 Å². The molecule has 1 heterocycles. The summed E-state index contributed by atoms with van der Waals surface area (Å²) in [7, 11) is 0. The summed E-state index contributed by atoms with van der Waals surface area (Å²) >= 11 is 1.41. The second kappa shape index (κ2) is 11.8. The van der Waals surface area contributed by atoms with Gasteiger partial charge in [-0.2, -0.15) is 0 Å². The van der Waals surface area contributed by atoms with Crippen molar-refractivity contribution in [1.82, 2.24) is 20.8 Å². The Hall–Kier alpha value is -2.79. The van der Waals surface area contributed by atoms with E-state index in [0.717, 1.165) is 11.3 Å². The first-order chi connectivity index (χ1) is 19.1. The molecule has 2 N–H and O–H groups in total. The molecule has 11 heteroatoms. The monoisotopic (exact) mass is 588 g/mol. The van der Waals surface area contributed by atoms with Crippen LogP contribution in [-0.2, 0) is 14.3 Å². The molecule has 10 nitrogen and oxygen atoms in total. The molecular weight excluding hydrogens is 544 g/mol. The Kier molecular flexibility index (Phi) is 8.99. The largest absolute Gasteiger partial charge is 0.488 e. The molecule has 0 saturated heterocycles. The zero-order valence-electron chi connectivity index (χ0n) is 25.5. The number of hydrogen-bond donors (Lipinski definition) is 2. The van der Waals surface area contributed by atoms with Gasteiger partial charge in [0.2, 0.25) is 11.8 Å². The van der Waals surface area contributed by atoms with Crippen molar-refractivity contribution in [2.24, 2.45) is 16.7 Å². The van der Waals surface area contributed by atoms with Gasteiger partial charge in [0.1, 0.15) is 17.5 Å². The first kappa shape index (κ1) is 31.2. The van der Waals surface area contributed by atoms with E-state index in [2.05, 4.69) is 48.5 Å². The quantitative estimate of drug-likeness (QED) is 0.293. The Morgan fingerprint density at radius 3 is 2.29 bits per heavy atom. The molecule has 3 aliphatic rings. The highest BCUT2D eigenvalue weighted by molar-refractivity contribution is 7.98. The first-order valence-electron chi connectivity index (χ1n) is 14.2. The van der Waals surface area contributed by atoms with Crippen molar-refractivity contribution >= 4 is 23.8 Å². The number of nitrogens with zero attached hydrogens (tertiary/aromatic N) is 2. The van der Waals surface area contributed by atoms with Crippen molar-refractivity contribution in [2.45, 2.75) is 90.2 Å². The summed E-state index contributed by atoms with van der Waals surface area (Å²) in [4.78, 5) is 25.1. The number of amides is 2. The summed E-state index contributed by atoms with van der Waals surface area (Å²) in [5, 5.41) is 14.7. The minimum Gasteiger partial charge on any atom is -0.488 e. The van der Waals surface area contributed by atoms with Crippen LogP contribution in [0.2, 0.25) is 0 Å². The maximum Gasteiger partial charge on any atom is 0.408 e. The van der Waals surface area contributed by atoms with Gasteiger partial charge in [-0.15, -0.1) is 10.2 Å². The number of ether oxygens (including phenoxy) is 3. The highest BCUT2D eigenvalue weighted by Crippen LogP contribution is 2.67. The fourth-order valence-corrected chi connectivity index (χ4v) is 5.60. The topological polar surface area (TPSA) is 125 Å². The molecule has 226 valence electrons. The Bertz CT molecular complexity index is 1200. The highest BCUT2D eigenvalue weighted by atomic mass is 32.2. The van der Waals surface area contributed by atoms with E-state index in [1.807, 2.05) is 51.3 Å². The highest BCUT2D eigenvalue weighted by Gasteiger charge is 2.72. The van der Waals surface area contributed by atoms with Crippen LogP contribution in [0.25, 0.3) is 11.5 Å². The second-order valence-electron chi connectivity index (χ2n) is 13.6. The lowest BCUT2D eigenvalue weighted by Gasteiger charge is -2.68. The van der Waals surface area contributed by atoms with E-state index < -0.39 is 11.7 Å². The normalized spacial score (nSPS) is 22.4. The molecule has 3 saturated carbocycles. The van der Waals surface area contributed by atoms with Gasteiger partial charge >= 0.3 is 6.09 Å². The number of hydrogen-bond acceptors (Lipinski definition) is 9. The third-order valence-electron chi connectivity index (χ3n) is 7.49. The van der Waals surface area contributed by atoms with Crippen LogP contribution in [-0.4, -0.2) is 65.5 Å². The third kappa shape index (κ3) is 7.74. The smallest absolute Gasteiger partial charge is 0.408 e. The summed E-state index contributed by atoms with van der Waals surface area (Å²) in [6, 6.07) is 7.59. The molecule has 1 aromatic heterocycles. The summed E-state index contributed by atoms with van der Waals surface area (Å²) in [5.41, 5.74) is -0.638. The summed E-state index contributed by atoms with van der Waals surface area (Å²) in [5.74, 6) is 1.51. The average Bonchev–Trinajstić information content (AvgIpc) is 3.32. The van der Waals surface area contributed by atoms with Crippen LogP contribution in [0.15, 0.2) is 33.9 Å². The predicted octanol–water partition coefficient (Wildman–Crippen LogP) is 5.47. The van der Waals surface area contributed by atoms with Crippen LogP contribution in [0.3, 0.4) is 0 Å². The molecule has 0 aliphatic heterocycles. The van der Waals surface area contributed by atoms with Crippen molar-refractivity contribution in [3.63, 3.8) is 0 Å². The van der Waals surface area contributed by atoms with Gasteiger partial charge < -0.3 is 29.3 Å². The third-order valence-corrected chi connectivity index (χ3v) is 8.01. The summed E-state index contributed by atoms with van der Waals surface area (Å²) < 4.78 is 23.3. The molecule has 2 amide bonds. The van der Waals surface area contributed by atoms with Gasteiger partial charge in [0.05, 0.1) is 18.6 Å². The summed E-state index contributed by atoms with van der Waals surface area (Å²) in [6.45, 7) is 15.3. The number of rotatable bonds is 13. The number of nitrogens with one attached hydrogen (secondary N) is 2. The van der Waals surface area contributed by atoms with Crippen LogP contribution in [0, 0.1) is 16.7 Å². The minimum atomic E-state index is -0.543. The van der Waals surface area contributed by atoms with Crippen LogP contribution in [0.5, 0.6) is 5.75 Å². The van der Waals surface area contributed by atoms with E-state index in [4.69, 9.17) is 18.6 Å². The van der Waals surface area contributed by atoms with Gasteiger partial charge in [-0.25, -0.2) is 4.79 Å². The van der Waals surface area contributed by atoms with Crippen molar-refractivity contribution in [1.29, 1.82) is 0 Å². The van der Waals surface area contributed by atoms with Gasteiger partial charge in [-0.3, -0.25) is 4.79 Å². The molecule has 2 bridgehead atoms. The summed E-state index contributed by atoms with van der Waals surface area (Å²) in [6.07, 6.45) is 3.31. The Labute approximate surface area is 247 Å². The van der Waals surface area contributed by atoms with E-state index in [0.29, 0.717) is 50.1 Å². The Morgan fingerprint density at radius 2 is 1.73 bits per heavy atom. The molecule has 0 radical (unpaired) electrons.